The van der Waals surface area contributed by atoms with Crippen molar-refractivity contribution < 1.29 is 24.9 Å². The largest absolute Gasteiger partial charge is 0.480 e. The lowest BCUT2D eigenvalue weighted by molar-refractivity contribution is -0.141. The van der Waals surface area contributed by atoms with Crippen molar-refractivity contribution in [2.75, 3.05) is 13.1 Å². The first kappa shape index (κ1) is 17.8. The number of aliphatic hydroxyl groups excluding tert-OH is 1. The first-order valence-electron chi connectivity index (χ1n) is 6.16. The average Bonchev–Trinajstić information content (AvgIpc) is 2.81. The second kappa shape index (κ2) is 8.81. The number of carboxylic acid groups (broad SMARTS) is 2. The van der Waals surface area contributed by atoms with Crippen molar-refractivity contribution in [3.05, 3.63) is 0 Å². The Balaban J connectivity index is 0.000000362. The number of nitrogens with zero attached hydrogens (tertiary/aromatic N) is 1. The van der Waals surface area contributed by atoms with E-state index in [1.807, 2.05) is 5.01 Å². The minimum atomic E-state index is -1.18. The van der Waals surface area contributed by atoms with E-state index in [1.165, 1.54) is 19.8 Å². The zero-order chi connectivity index (χ0) is 15.0. The summed E-state index contributed by atoms with van der Waals surface area (Å²) in [5.41, 5.74) is 7.82. The molecule has 1 saturated heterocycles. The van der Waals surface area contributed by atoms with Crippen LogP contribution in [-0.2, 0) is 9.59 Å². The van der Waals surface area contributed by atoms with Gasteiger partial charge in [0.1, 0.15) is 12.1 Å². The summed E-state index contributed by atoms with van der Waals surface area (Å²) < 4.78 is 0. The molecule has 1 fully saturated rings. The lowest BCUT2D eigenvalue weighted by Gasteiger charge is -2.19. The zero-order valence-electron chi connectivity index (χ0n) is 11.2. The summed E-state index contributed by atoms with van der Waals surface area (Å²) in [5, 5.41) is 27.1. The Kier molecular flexibility index (Phi) is 8.24. The molecule has 8 nitrogen and oxygen atoms in total. The van der Waals surface area contributed by atoms with Gasteiger partial charge in [-0.25, -0.2) is 10.4 Å². The topological polar surface area (TPSA) is 136 Å². The summed E-state index contributed by atoms with van der Waals surface area (Å²) in [6.07, 6.45) is 1.35. The Hall–Kier alpha value is -1.22. The molecule has 1 aliphatic rings. The van der Waals surface area contributed by atoms with Crippen molar-refractivity contribution in [1.29, 1.82) is 0 Å². The van der Waals surface area contributed by atoms with Crippen molar-refractivity contribution in [2.45, 2.75) is 44.9 Å². The smallest absolute Gasteiger partial charge is 0.323 e. The van der Waals surface area contributed by atoms with Crippen molar-refractivity contribution >= 4 is 11.9 Å². The highest BCUT2D eigenvalue weighted by Crippen LogP contribution is 2.04. The first-order valence-corrected chi connectivity index (χ1v) is 6.16. The fourth-order valence-corrected chi connectivity index (χ4v) is 1.38. The van der Waals surface area contributed by atoms with Crippen molar-refractivity contribution in [2.24, 2.45) is 5.73 Å². The van der Waals surface area contributed by atoms with E-state index in [1.54, 1.807) is 6.92 Å². The maximum atomic E-state index is 10.4. The van der Waals surface area contributed by atoms with Crippen LogP contribution in [0, 0.1) is 0 Å². The summed E-state index contributed by atoms with van der Waals surface area (Å²) in [5.74, 6) is -1.98. The molecule has 0 bridgehead atoms. The third-order valence-corrected chi connectivity index (χ3v) is 2.66. The van der Waals surface area contributed by atoms with Crippen LogP contribution in [0.15, 0.2) is 0 Å². The molecule has 0 spiro atoms. The van der Waals surface area contributed by atoms with Gasteiger partial charge in [0.25, 0.3) is 0 Å². The molecule has 0 amide bonds. The normalized spacial score (nSPS) is 20.0. The molecule has 0 saturated carbocycles. The van der Waals surface area contributed by atoms with Crippen LogP contribution in [-0.4, -0.2) is 63.5 Å². The number of carbonyl (C=O) groups is 2. The van der Waals surface area contributed by atoms with E-state index in [-0.39, 0.29) is 0 Å². The number of aliphatic carboxylic acids is 2. The average molecular weight is 277 g/mol. The van der Waals surface area contributed by atoms with Crippen LogP contribution in [0.2, 0.25) is 0 Å². The molecule has 0 aromatic rings. The molecule has 1 aliphatic heterocycles. The van der Waals surface area contributed by atoms with Gasteiger partial charge in [-0.05, 0) is 26.7 Å². The van der Waals surface area contributed by atoms with Gasteiger partial charge < -0.3 is 21.1 Å². The van der Waals surface area contributed by atoms with Gasteiger partial charge in [-0.1, -0.05) is 0 Å². The molecular formula is C11H23N3O5. The molecule has 0 radical (unpaired) electrons. The summed E-state index contributed by atoms with van der Waals surface area (Å²) in [6, 6.07) is -1.62. The molecule has 6 N–H and O–H groups in total. The van der Waals surface area contributed by atoms with E-state index in [4.69, 9.17) is 21.1 Å². The summed E-state index contributed by atoms with van der Waals surface area (Å²) in [7, 11) is 0. The Morgan fingerprint density at radius 1 is 1.16 bits per heavy atom. The number of nitrogens with one attached hydrogen (secondary N) is 1. The number of hydrazine groups is 1. The van der Waals surface area contributed by atoms with E-state index in [0.29, 0.717) is 0 Å². The molecule has 8 heteroatoms. The lowest BCUT2D eigenvalue weighted by Crippen LogP contribution is -2.45. The van der Waals surface area contributed by atoms with Gasteiger partial charge in [-0.15, -0.1) is 0 Å². The maximum absolute atomic E-state index is 10.4. The van der Waals surface area contributed by atoms with Crippen molar-refractivity contribution in [3.8, 4) is 0 Å². The number of hydrogen-bond acceptors (Lipinski definition) is 6. The molecule has 0 aliphatic carbocycles. The van der Waals surface area contributed by atoms with Crippen LogP contribution in [0.1, 0.15) is 26.7 Å². The summed E-state index contributed by atoms with van der Waals surface area (Å²) in [6.45, 7) is 4.93. The highest BCUT2D eigenvalue weighted by Gasteiger charge is 2.17. The second-order valence-electron chi connectivity index (χ2n) is 4.49. The van der Waals surface area contributed by atoms with Gasteiger partial charge in [0.05, 0.1) is 6.10 Å². The number of aliphatic hydroxyl groups is 1. The quantitative estimate of drug-likeness (QED) is 0.424. The van der Waals surface area contributed by atoms with Crippen LogP contribution in [0.25, 0.3) is 0 Å². The molecule has 0 aromatic carbocycles. The highest BCUT2D eigenvalue weighted by atomic mass is 16.4. The minimum Gasteiger partial charge on any atom is -0.480 e. The Morgan fingerprint density at radius 3 is 1.89 bits per heavy atom. The molecular weight excluding hydrogens is 254 g/mol. The monoisotopic (exact) mass is 277 g/mol. The van der Waals surface area contributed by atoms with Gasteiger partial charge in [0, 0.05) is 13.1 Å². The predicted octanol–water partition coefficient (Wildman–Crippen LogP) is -1.16. The van der Waals surface area contributed by atoms with Gasteiger partial charge in [-0.3, -0.25) is 9.59 Å². The number of nitrogens with two attached hydrogens (primary N) is 1. The minimum absolute atomic E-state index is 0.465. The standard InChI is InChI=1S/C7H14N2O2.C4H9NO3/c1-6(7(10)11)8-9-4-2-3-5-9;1-2(6)3(5)4(7)8/h6,8H,2-5H2,1H3,(H,10,11);2-3,6H,5H2,1H3,(H,7,8)/t6-;2-,3+/m01/s1. The fourth-order valence-electron chi connectivity index (χ4n) is 1.38. The lowest BCUT2D eigenvalue weighted by atomic mass is 10.2. The Labute approximate surface area is 112 Å². The van der Waals surface area contributed by atoms with E-state index < -0.39 is 30.1 Å². The van der Waals surface area contributed by atoms with Gasteiger partial charge in [0.15, 0.2) is 0 Å². The Bertz CT molecular complexity index is 292. The van der Waals surface area contributed by atoms with Gasteiger partial charge >= 0.3 is 11.9 Å². The molecule has 0 aromatic heterocycles. The highest BCUT2D eigenvalue weighted by molar-refractivity contribution is 5.73. The molecule has 0 unspecified atom stereocenters. The van der Waals surface area contributed by atoms with Crippen LogP contribution < -0.4 is 11.2 Å². The summed E-state index contributed by atoms with van der Waals surface area (Å²) >= 11 is 0. The first-order chi connectivity index (χ1) is 8.75. The number of rotatable bonds is 5. The summed E-state index contributed by atoms with van der Waals surface area (Å²) in [4.78, 5) is 20.3. The van der Waals surface area contributed by atoms with E-state index in [2.05, 4.69) is 5.43 Å². The molecule has 1 rings (SSSR count). The Morgan fingerprint density at radius 2 is 1.63 bits per heavy atom. The zero-order valence-corrected chi connectivity index (χ0v) is 11.2. The van der Waals surface area contributed by atoms with Crippen molar-refractivity contribution in [1.82, 2.24) is 10.4 Å². The number of carboxylic acids is 2. The SMILES string of the molecule is C[C@@H](O)[C@H](N)C(=O)O.C[C@H](NN1CCCC1)C(=O)O. The molecule has 1 heterocycles. The predicted molar refractivity (Wildman–Crippen MR) is 68.3 cm³/mol. The van der Waals surface area contributed by atoms with E-state index in [0.717, 1.165) is 13.1 Å². The van der Waals surface area contributed by atoms with Crippen LogP contribution in [0.3, 0.4) is 0 Å². The van der Waals surface area contributed by atoms with E-state index >= 15 is 0 Å². The van der Waals surface area contributed by atoms with Crippen LogP contribution in [0.5, 0.6) is 0 Å². The van der Waals surface area contributed by atoms with Crippen LogP contribution >= 0.6 is 0 Å². The number of hydrogen-bond donors (Lipinski definition) is 5. The second-order valence-corrected chi connectivity index (χ2v) is 4.49. The van der Waals surface area contributed by atoms with Gasteiger partial charge in [-0.2, -0.15) is 0 Å². The molecule has 19 heavy (non-hydrogen) atoms. The third-order valence-electron chi connectivity index (χ3n) is 2.66. The molecule has 3 atom stereocenters. The fraction of sp³-hybridized carbons (Fsp3) is 0.818. The third kappa shape index (κ3) is 7.73. The van der Waals surface area contributed by atoms with E-state index in [9.17, 15) is 9.59 Å². The van der Waals surface area contributed by atoms with Crippen molar-refractivity contribution in [3.63, 3.8) is 0 Å². The molecule has 112 valence electrons. The maximum Gasteiger partial charge on any atom is 0.323 e. The van der Waals surface area contributed by atoms with Crippen LogP contribution in [0.4, 0.5) is 0 Å². The van der Waals surface area contributed by atoms with Gasteiger partial charge in [0.2, 0.25) is 0 Å².